The molecular formula is C16H24N2O2. The van der Waals surface area contributed by atoms with E-state index in [1.807, 2.05) is 31.2 Å². The summed E-state index contributed by atoms with van der Waals surface area (Å²) < 4.78 is 0. The molecule has 0 bridgehead atoms. The van der Waals surface area contributed by atoms with E-state index in [4.69, 9.17) is 0 Å². The van der Waals surface area contributed by atoms with Gasteiger partial charge in [0.1, 0.15) is 6.54 Å². The van der Waals surface area contributed by atoms with E-state index in [-0.39, 0.29) is 18.4 Å². The van der Waals surface area contributed by atoms with Gasteiger partial charge in [0.25, 0.3) is 0 Å². The Bertz CT molecular complexity index is 458. The molecule has 1 N–H and O–H groups in total. The number of benzene rings is 1. The average Bonchev–Trinajstić information content (AvgIpc) is 2.40. The lowest BCUT2D eigenvalue weighted by Gasteiger charge is -2.21. The van der Waals surface area contributed by atoms with Gasteiger partial charge in [-0.25, -0.2) is 0 Å². The van der Waals surface area contributed by atoms with Crippen molar-refractivity contribution in [3.8, 4) is 0 Å². The first-order valence-corrected chi connectivity index (χ1v) is 7.16. The largest absolute Gasteiger partial charge is 0.355 e. The number of hydrogen-bond acceptors (Lipinski definition) is 2. The number of unbranched alkanes of at least 4 members (excludes halogenated alkanes) is 2. The standard InChI is InChI=1S/C16H24N2O2/c1-4-5-6-10-17-16(20)12-18(14(3)19)15-9-7-8-13(2)11-15/h7-9,11H,4-6,10,12H2,1-3H3,(H,17,20). The van der Waals surface area contributed by atoms with E-state index in [0.717, 1.165) is 30.5 Å². The minimum atomic E-state index is -0.126. The molecule has 0 heterocycles. The van der Waals surface area contributed by atoms with Gasteiger partial charge in [-0.3, -0.25) is 9.59 Å². The quantitative estimate of drug-likeness (QED) is 0.778. The van der Waals surface area contributed by atoms with Crippen molar-refractivity contribution in [2.75, 3.05) is 18.0 Å². The van der Waals surface area contributed by atoms with Gasteiger partial charge in [-0.1, -0.05) is 31.9 Å². The maximum Gasteiger partial charge on any atom is 0.240 e. The highest BCUT2D eigenvalue weighted by Gasteiger charge is 2.15. The summed E-state index contributed by atoms with van der Waals surface area (Å²) in [4.78, 5) is 25.1. The second-order valence-electron chi connectivity index (χ2n) is 5.00. The fourth-order valence-electron chi connectivity index (χ4n) is 1.98. The van der Waals surface area contributed by atoms with E-state index >= 15 is 0 Å². The van der Waals surface area contributed by atoms with Crippen LogP contribution in [0.3, 0.4) is 0 Å². The first kappa shape index (κ1) is 16.2. The van der Waals surface area contributed by atoms with Crippen LogP contribution < -0.4 is 10.2 Å². The number of nitrogens with zero attached hydrogens (tertiary/aromatic N) is 1. The van der Waals surface area contributed by atoms with Crippen LogP contribution in [-0.4, -0.2) is 24.9 Å². The first-order chi connectivity index (χ1) is 9.54. The molecule has 110 valence electrons. The van der Waals surface area contributed by atoms with Gasteiger partial charge in [0.15, 0.2) is 0 Å². The van der Waals surface area contributed by atoms with Gasteiger partial charge in [-0.05, 0) is 31.0 Å². The van der Waals surface area contributed by atoms with Gasteiger partial charge in [-0.2, -0.15) is 0 Å². The summed E-state index contributed by atoms with van der Waals surface area (Å²) in [5, 5.41) is 2.85. The smallest absolute Gasteiger partial charge is 0.240 e. The molecular weight excluding hydrogens is 252 g/mol. The third-order valence-electron chi connectivity index (χ3n) is 3.10. The average molecular weight is 276 g/mol. The molecule has 0 fully saturated rings. The van der Waals surface area contributed by atoms with Crippen molar-refractivity contribution >= 4 is 17.5 Å². The predicted octanol–water partition coefficient (Wildman–Crippen LogP) is 2.65. The Morgan fingerprint density at radius 3 is 2.60 bits per heavy atom. The molecule has 0 radical (unpaired) electrons. The molecule has 2 amide bonds. The van der Waals surface area contributed by atoms with Crippen molar-refractivity contribution in [3.63, 3.8) is 0 Å². The molecule has 0 saturated carbocycles. The number of hydrogen-bond donors (Lipinski definition) is 1. The van der Waals surface area contributed by atoms with Crippen LogP contribution in [0.5, 0.6) is 0 Å². The van der Waals surface area contributed by atoms with Gasteiger partial charge in [0.05, 0.1) is 0 Å². The Hall–Kier alpha value is -1.84. The van der Waals surface area contributed by atoms with E-state index in [9.17, 15) is 9.59 Å². The van der Waals surface area contributed by atoms with Crippen molar-refractivity contribution in [3.05, 3.63) is 29.8 Å². The van der Waals surface area contributed by atoms with Crippen molar-refractivity contribution < 1.29 is 9.59 Å². The summed E-state index contributed by atoms with van der Waals surface area (Å²) >= 11 is 0. The maximum atomic E-state index is 11.9. The van der Waals surface area contributed by atoms with E-state index in [1.54, 1.807) is 0 Å². The van der Waals surface area contributed by atoms with E-state index in [1.165, 1.54) is 11.8 Å². The van der Waals surface area contributed by atoms with E-state index in [2.05, 4.69) is 12.2 Å². The molecule has 0 unspecified atom stereocenters. The summed E-state index contributed by atoms with van der Waals surface area (Å²) in [6.07, 6.45) is 3.21. The zero-order valence-corrected chi connectivity index (χ0v) is 12.6. The van der Waals surface area contributed by atoms with Crippen LogP contribution in [0.1, 0.15) is 38.7 Å². The Morgan fingerprint density at radius 2 is 2.00 bits per heavy atom. The summed E-state index contributed by atoms with van der Waals surface area (Å²) in [5.41, 5.74) is 1.83. The van der Waals surface area contributed by atoms with Gasteiger partial charge in [-0.15, -0.1) is 0 Å². The zero-order chi connectivity index (χ0) is 15.0. The first-order valence-electron chi connectivity index (χ1n) is 7.16. The highest BCUT2D eigenvalue weighted by atomic mass is 16.2. The molecule has 1 aromatic rings. The summed E-state index contributed by atoms with van der Waals surface area (Å²) in [7, 11) is 0. The van der Waals surface area contributed by atoms with Gasteiger partial charge in [0.2, 0.25) is 11.8 Å². The second-order valence-corrected chi connectivity index (χ2v) is 5.00. The van der Waals surface area contributed by atoms with Crippen LogP contribution in [0.4, 0.5) is 5.69 Å². The Morgan fingerprint density at radius 1 is 1.25 bits per heavy atom. The molecule has 4 nitrogen and oxygen atoms in total. The minimum Gasteiger partial charge on any atom is -0.355 e. The topological polar surface area (TPSA) is 49.4 Å². The summed E-state index contributed by atoms with van der Waals surface area (Å²) in [5.74, 6) is -0.239. The van der Waals surface area contributed by atoms with Crippen molar-refractivity contribution in [1.82, 2.24) is 5.32 Å². The molecule has 1 rings (SSSR count). The van der Waals surface area contributed by atoms with Gasteiger partial charge >= 0.3 is 0 Å². The Kier molecular flexibility index (Phi) is 6.77. The number of aryl methyl sites for hydroxylation is 1. The molecule has 20 heavy (non-hydrogen) atoms. The zero-order valence-electron chi connectivity index (χ0n) is 12.6. The monoisotopic (exact) mass is 276 g/mol. The van der Waals surface area contributed by atoms with Crippen molar-refractivity contribution in [2.45, 2.75) is 40.0 Å². The molecule has 0 aliphatic rings. The van der Waals surface area contributed by atoms with Crippen LogP contribution in [-0.2, 0) is 9.59 Å². The third kappa shape index (κ3) is 5.43. The molecule has 0 atom stereocenters. The molecule has 1 aromatic carbocycles. The van der Waals surface area contributed by atoms with Crippen LogP contribution >= 0.6 is 0 Å². The lowest BCUT2D eigenvalue weighted by Crippen LogP contribution is -2.40. The molecule has 0 spiro atoms. The number of amides is 2. The summed E-state index contributed by atoms with van der Waals surface area (Å²) in [6, 6.07) is 7.61. The number of nitrogens with one attached hydrogen (secondary N) is 1. The Balaban J connectivity index is 2.59. The number of carbonyl (C=O) groups excluding carboxylic acids is 2. The lowest BCUT2D eigenvalue weighted by atomic mass is 10.2. The van der Waals surface area contributed by atoms with Crippen LogP contribution in [0.2, 0.25) is 0 Å². The fraction of sp³-hybridized carbons (Fsp3) is 0.500. The third-order valence-corrected chi connectivity index (χ3v) is 3.10. The molecule has 0 aromatic heterocycles. The predicted molar refractivity (Wildman–Crippen MR) is 81.7 cm³/mol. The van der Waals surface area contributed by atoms with E-state index in [0.29, 0.717) is 6.54 Å². The highest BCUT2D eigenvalue weighted by Crippen LogP contribution is 2.15. The molecule has 0 saturated heterocycles. The van der Waals surface area contributed by atoms with Gasteiger partial charge in [0, 0.05) is 19.2 Å². The van der Waals surface area contributed by atoms with Crippen LogP contribution in [0.25, 0.3) is 0 Å². The minimum absolute atomic E-state index is 0.0743. The highest BCUT2D eigenvalue weighted by molar-refractivity contribution is 5.97. The molecule has 0 aliphatic carbocycles. The van der Waals surface area contributed by atoms with E-state index < -0.39 is 0 Å². The number of rotatable bonds is 7. The number of carbonyl (C=O) groups is 2. The normalized spacial score (nSPS) is 10.2. The molecule has 4 heteroatoms. The second kappa shape index (κ2) is 8.35. The fourth-order valence-corrected chi connectivity index (χ4v) is 1.98. The Labute approximate surface area is 121 Å². The van der Waals surface area contributed by atoms with Crippen LogP contribution in [0, 0.1) is 6.92 Å². The van der Waals surface area contributed by atoms with Crippen molar-refractivity contribution in [2.24, 2.45) is 0 Å². The lowest BCUT2D eigenvalue weighted by molar-refractivity contribution is -0.123. The van der Waals surface area contributed by atoms with Gasteiger partial charge < -0.3 is 10.2 Å². The van der Waals surface area contributed by atoms with Crippen molar-refractivity contribution in [1.29, 1.82) is 0 Å². The molecule has 0 aliphatic heterocycles. The SMILES string of the molecule is CCCCCNC(=O)CN(C(C)=O)c1cccc(C)c1. The maximum absolute atomic E-state index is 11.9. The summed E-state index contributed by atoms with van der Waals surface area (Å²) in [6.45, 7) is 6.31. The van der Waals surface area contributed by atoms with Crippen LogP contribution in [0.15, 0.2) is 24.3 Å². The number of anilines is 1.